The minimum Gasteiger partial charge on any atom is -0.488 e. The Hall–Kier alpha value is -3.25. The Kier molecular flexibility index (Phi) is 6.47. The van der Waals surface area contributed by atoms with Crippen LogP contribution in [0.25, 0.3) is 10.9 Å². The highest BCUT2D eigenvalue weighted by Gasteiger charge is 2.23. The smallest absolute Gasteiger partial charge is 0.282 e. The van der Waals surface area contributed by atoms with Gasteiger partial charge in [0, 0.05) is 15.5 Å². The molecule has 3 aromatic carbocycles. The first-order valence-corrected chi connectivity index (χ1v) is 11.6. The number of para-hydroxylation sites is 1. The fourth-order valence-electron chi connectivity index (χ4n) is 3.43. The van der Waals surface area contributed by atoms with E-state index in [0.717, 1.165) is 15.6 Å². The maximum atomic E-state index is 13.3. The molecule has 5 nitrogen and oxygen atoms in total. The molecule has 168 valence electrons. The summed E-state index contributed by atoms with van der Waals surface area (Å²) in [6, 6.07) is 21.4. The van der Waals surface area contributed by atoms with Gasteiger partial charge in [0.2, 0.25) is 0 Å². The number of hydrogen-bond donors (Lipinski definition) is 0. The Morgan fingerprint density at radius 1 is 1.06 bits per heavy atom. The van der Waals surface area contributed by atoms with Gasteiger partial charge in [0.25, 0.3) is 5.56 Å². The number of rotatable bonds is 5. The van der Waals surface area contributed by atoms with E-state index < -0.39 is 0 Å². The van der Waals surface area contributed by atoms with Crippen LogP contribution in [0.15, 0.2) is 81.1 Å². The van der Waals surface area contributed by atoms with Gasteiger partial charge in [-0.2, -0.15) is 9.78 Å². The molecule has 0 bridgehead atoms. The zero-order chi connectivity index (χ0) is 23.6. The maximum Gasteiger partial charge on any atom is 0.282 e. The summed E-state index contributed by atoms with van der Waals surface area (Å²) in [5.41, 5.74) is 3.15. The van der Waals surface area contributed by atoms with Crippen molar-refractivity contribution in [1.82, 2.24) is 9.66 Å². The monoisotopic (exact) mass is 503 g/mol. The average Bonchev–Trinajstić information content (AvgIpc) is 2.78. The van der Waals surface area contributed by atoms with Crippen LogP contribution in [-0.2, 0) is 12.0 Å². The van der Waals surface area contributed by atoms with Crippen molar-refractivity contribution in [3.05, 3.63) is 104 Å². The summed E-state index contributed by atoms with van der Waals surface area (Å²) in [4.78, 5) is 18.1. The van der Waals surface area contributed by atoms with E-state index >= 15 is 0 Å². The second-order valence-electron chi connectivity index (χ2n) is 9.02. The fourth-order valence-corrected chi connectivity index (χ4v) is 3.79. The quantitative estimate of drug-likeness (QED) is 0.303. The minimum atomic E-state index is -0.376. The van der Waals surface area contributed by atoms with Gasteiger partial charge in [0.05, 0.1) is 17.1 Å². The molecule has 1 heterocycles. The molecule has 6 heteroatoms. The lowest BCUT2D eigenvalue weighted by molar-refractivity contribution is 0.306. The number of benzene rings is 3. The highest BCUT2D eigenvalue weighted by molar-refractivity contribution is 9.10. The van der Waals surface area contributed by atoms with E-state index in [4.69, 9.17) is 9.72 Å². The third-order valence-electron chi connectivity index (χ3n) is 5.23. The van der Waals surface area contributed by atoms with Crippen molar-refractivity contribution in [3.63, 3.8) is 0 Å². The molecule has 4 aromatic rings. The summed E-state index contributed by atoms with van der Waals surface area (Å²) in [5.74, 6) is 1.29. The van der Waals surface area contributed by atoms with Gasteiger partial charge >= 0.3 is 0 Å². The molecule has 1 aromatic heterocycles. The van der Waals surface area contributed by atoms with Crippen LogP contribution in [0.1, 0.15) is 43.3 Å². The van der Waals surface area contributed by atoms with Crippen LogP contribution in [0.2, 0.25) is 0 Å². The Labute approximate surface area is 201 Å². The number of nitrogens with zero attached hydrogens (tertiary/aromatic N) is 3. The molecule has 0 unspecified atom stereocenters. The molecular weight excluding hydrogens is 478 g/mol. The number of hydrogen-bond acceptors (Lipinski definition) is 4. The zero-order valence-corrected chi connectivity index (χ0v) is 20.8. The third kappa shape index (κ3) is 5.22. The summed E-state index contributed by atoms with van der Waals surface area (Å²) in [6.07, 6.45) is 1.66. The fraction of sp³-hybridized carbons (Fsp3) is 0.222. The van der Waals surface area contributed by atoms with E-state index in [1.165, 1.54) is 10.2 Å². The standard InChI is InChI=1S/C27H26BrN3O2/c1-18-9-11-19(12-10-18)17-33-24-8-6-5-7-20(24)16-29-31-25(32)22-15-21(28)13-14-23(22)30-26(31)27(2,3)4/h5-16H,17H2,1-4H3. The molecule has 4 rings (SSSR count). The van der Waals surface area contributed by atoms with Crippen LogP contribution in [-0.4, -0.2) is 15.9 Å². The molecule has 0 aliphatic heterocycles. The van der Waals surface area contributed by atoms with Crippen LogP contribution < -0.4 is 10.3 Å². The van der Waals surface area contributed by atoms with Crippen LogP contribution >= 0.6 is 15.9 Å². The molecule has 33 heavy (non-hydrogen) atoms. The Bertz CT molecular complexity index is 1380. The van der Waals surface area contributed by atoms with Gasteiger partial charge in [0.15, 0.2) is 0 Å². The first-order valence-electron chi connectivity index (χ1n) is 10.8. The summed E-state index contributed by atoms with van der Waals surface area (Å²) < 4.78 is 8.28. The van der Waals surface area contributed by atoms with E-state index in [0.29, 0.717) is 29.1 Å². The van der Waals surface area contributed by atoms with Gasteiger partial charge in [-0.05, 0) is 42.8 Å². The molecule has 0 amide bonds. The van der Waals surface area contributed by atoms with Crippen molar-refractivity contribution in [2.24, 2.45) is 5.10 Å². The zero-order valence-electron chi connectivity index (χ0n) is 19.2. The summed E-state index contributed by atoms with van der Waals surface area (Å²) in [7, 11) is 0. The molecule has 0 fully saturated rings. The highest BCUT2D eigenvalue weighted by atomic mass is 79.9. The first kappa shape index (κ1) is 22.9. The predicted molar refractivity (Wildman–Crippen MR) is 137 cm³/mol. The Balaban J connectivity index is 1.72. The molecule has 0 atom stereocenters. The highest BCUT2D eigenvalue weighted by Crippen LogP contribution is 2.23. The van der Waals surface area contributed by atoms with Crippen LogP contribution in [0.4, 0.5) is 0 Å². The van der Waals surface area contributed by atoms with Crippen molar-refractivity contribution < 1.29 is 4.74 Å². The Morgan fingerprint density at radius 3 is 2.52 bits per heavy atom. The molecule has 0 radical (unpaired) electrons. The van der Waals surface area contributed by atoms with E-state index in [9.17, 15) is 4.79 Å². The van der Waals surface area contributed by atoms with Gasteiger partial charge < -0.3 is 4.74 Å². The normalized spacial score (nSPS) is 11.9. The average molecular weight is 504 g/mol. The van der Waals surface area contributed by atoms with Crippen molar-refractivity contribution in [1.29, 1.82) is 0 Å². The molecule has 0 saturated heterocycles. The SMILES string of the molecule is Cc1ccc(COc2ccccc2C=Nn2c(C(C)(C)C)nc3ccc(Br)cc3c2=O)cc1. The second-order valence-corrected chi connectivity index (χ2v) is 9.94. The second kappa shape index (κ2) is 9.32. The van der Waals surface area contributed by atoms with Crippen LogP contribution in [0.5, 0.6) is 5.75 Å². The Morgan fingerprint density at radius 2 is 1.79 bits per heavy atom. The molecular formula is C27H26BrN3O2. The number of ether oxygens (including phenoxy) is 1. The van der Waals surface area contributed by atoms with Gasteiger partial charge in [-0.15, -0.1) is 0 Å². The lowest BCUT2D eigenvalue weighted by Crippen LogP contribution is -2.29. The minimum absolute atomic E-state index is 0.208. The molecule has 0 N–H and O–H groups in total. The maximum absolute atomic E-state index is 13.3. The number of aromatic nitrogens is 2. The molecule has 0 aliphatic rings. The van der Waals surface area contributed by atoms with Gasteiger partial charge in [0.1, 0.15) is 18.2 Å². The predicted octanol–water partition coefficient (Wildman–Crippen LogP) is 6.23. The van der Waals surface area contributed by atoms with Gasteiger partial charge in [-0.25, -0.2) is 4.98 Å². The van der Waals surface area contributed by atoms with Crippen molar-refractivity contribution >= 4 is 33.0 Å². The summed E-state index contributed by atoms with van der Waals surface area (Å²) in [6.45, 7) is 8.56. The number of fused-ring (bicyclic) bond motifs is 1. The van der Waals surface area contributed by atoms with Crippen molar-refractivity contribution in [3.8, 4) is 5.75 Å². The van der Waals surface area contributed by atoms with Gasteiger partial charge in [-0.1, -0.05) is 78.7 Å². The van der Waals surface area contributed by atoms with Crippen molar-refractivity contribution in [2.75, 3.05) is 0 Å². The van der Waals surface area contributed by atoms with Crippen LogP contribution in [0.3, 0.4) is 0 Å². The van der Waals surface area contributed by atoms with Crippen molar-refractivity contribution in [2.45, 2.75) is 39.7 Å². The topological polar surface area (TPSA) is 56.5 Å². The summed E-state index contributed by atoms with van der Waals surface area (Å²) >= 11 is 3.44. The largest absolute Gasteiger partial charge is 0.488 e. The summed E-state index contributed by atoms with van der Waals surface area (Å²) in [5, 5.41) is 5.08. The lowest BCUT2D eigenvalue weighted by Gasteiger charge is -2.21. The number of aryl methyl sites for hydroxylation is 1. The third-order valence-corrected chi connectivity index (χ3v) is 5.72. The van der Waals surface area contributed by atoms with E-state index in [1.807, 2.05) is 57.2 Å². The molecule has 0 aliphatic carbocycles. The lowest BCUT2D eigenvalue weighted by atomic mass is 9.95. The van der Waals surface area contributed by atoms with E-state index in [1.54, 1.807) is 12.3 Å². The van der Waals surface area contributed by atoms with Crippen LogP contribution in [0, 0.1) is 6.92 Å². The molecule has 0 spiro atoms. The number of halogens is 1. The first-order chi connectivity index (χ1) is 15.7. The van der Waals surface area contributed by atoms with E-state index in [2.05, 4.69) is 52.2 Å². The van der Waals surface area contributed by atoms with E-state index in [-0.39, 0.29) is 11.0 Å². The van der Waals surface area contributed by atoms with Gasteiger partial charge in [-0.3, -0.25) is 4.79 Å². The molecule has 0 saturated carbocycles.